The van der Waals surface area contributed by atoms with E-state index in [4.69, 9.17) is 5.11 Å². The van der Waals surface area contributed by atoms with E-state index in [1.807, 2.05) is 0 Å². The minimum Gasteiger partial charge on any atom is -0.507 e. The predicted octanol–water partition coefficient (Wildman–Crippen LogP) is 4.65. The number of carbonyl (C=O) groups excluding carboxylic acids is 2. The fourth-order valence-electron chi connectivity index (χ4n) is 3.60. The number of Topliss-reactive ketones (excluding diaryl/α,β-unsaturated/α-hetero) is 1. The number of benzene rings is 2. The zero-order chi connectivity index (χ0) is 22.5. The van der Waals surface area contributed by atoms with Crippen LogP contribution in [0.25, 0.3) is 5.76 Å². The van der Waals surface area contributed by atoms with Crippen LogP contribution in [-0.4, -0.2) is 39.3 Å². The van der Waals surface area contributed by atoms with Crippen LogP contribution in [-0.2, 0) is 14.4 Å². The van der Waals surface area contributed by atoms with Gasteiger partial charge in [-0.05, 0) is 54.8 Å². The van der Waals surface area contributed by atoms with Gasteiger partial charge in [0.05, 0.1) is 11.6 Å². The van der Waals surface area contributed by atoms with E-state index in [0.717, 1.165) is 4.47 Å². The number of aliphatic hydroxyl groups is 1. The van der Waals surface area contributed by atoms with E-state index in [1.165, 1.54) is 29.2 Å². The Morgan fingerprint density at radius 1 is 0.968 bits per heavy atom. The van der Waals surface area contributed by atoms with Crippen LogP contribution in [0.15, 0.2) is 58.6 Å². The molecular formula is C23H21BrFNO5. The Balaban J connectivity index is 1.96. The van der Waals surface area contributed by atoms with Gasteiger partial charge in [0.1, 0.15) is 11.6 Å². The number of aliphatic hydroxyl groups excluding tert-OH is 1. The van der Waals surface area contributed by atoms with Crippen molar-refractivity contribution in [1.29, 1.82) is 0 Å². The van der Waals surface area contributed by atoms with Gasteiger partial charge >= 0.3 is 5.97 Å². The SMILES string of the molecule is O=C(O)CCCCCN1C(=O)C(=O)C(=C(O)c2ccc(F)cc2)C1c1ccc(Br)cc1. The van der Waals surface area contributed by atoms with Crippen LogP contribution in [0.3, 0.4) is 0 Å². The summed E-state index contributed by atoms with van der Waals surface area (Å²) in [6, 6.07) is 11.3. The van der Waals surface area contributed by atoms with Crippen molar-refractivity contribution >= 4 is 39.3 Å². The second kappa shape index (κ2) is 9.87. The summed E-state index contributed by atoms with van der Waals surface area (Å²) in [5.74, 6) is -3.26. The van der Waals surface area contributed by atoms with Crippen molar-refractivity contribution in [2.75, 3.05) is 6.54 Å². The molecule has 6 nitrogen and oxygen atoms in total. The molecule has 1 aliphatic heterocycles. The Labute approximate surface area is 187 Å². The molecule has 31 heavy (non-hydrogen) atoms. The molecule has 0 bridgehead atoms. The Hall–Kier alpha value is -3.00. The quantitative estimate of drug-likeness (QED) is 0.243. The number of hydrogen-bond acceptors (Lipinski definition) is 4. The number of halogens is 2. The maximum Gasteiger partial charge on any atom is 0.303 e. The molecule has 0 spiro atoms. The molecule has 8 heteroatoms. The predicted molar refractivity (Wildman–Crippen MR) is 116 cm³/mol. The highest BCUT2D eigenvalue weighted by atomic mass is 79.9. The molecule has 1 aliphatic rings. The van der Waals surface area contributed by atoms with Gasteiger partial charge in [-0.25, -0.2) is 4.39 Å². The smallest absolute Gasteiger partial charge is 0.303 e. The average molecular weight is 490 g/mol. The summed E-state index contributed by atoms with van der Waals surface area (Å²) >= 11 is 3.36. The lowest BCUT2D eigenvalue weighted by atomic mass is 9.95. The first-order valence-electron chi connectivity index (χ1n) is 9.81. The Kier molecular flexibility index (Phi) is 7.22. The van der Waals surface area contributed by atoms with Crippen LogP contribution in [0, 0.1) is 5.82 Å². The molecule has 0 aromatic heterocycles. The van der Waals surface area contributed by atoms with Gasteiger partial charge in [-0.3, -0.25) is 14.4 Å². The Morgan fingerprint density at radius 2 is 1.61 bits per heavy atom. The lowest BCUT2D eigenvalue weighted by Gasteiger charge is -2.25. The summed E-state index contributed by atoms with van der Waals surface area (Å²) in [6.07, 6.45) is 1.61. The number of hydrogen-bond donors (Lipinski definition) is 2. The number of carboxylic acid groups (broad SMARTS) is 1. The van der Waals surface area contributed by atoms with Crippen LogP contribution in [0.2, 0.25) is 0 Å². The van der Waals surface area contributed by atoms with Gasteiger partial charge in [-0.1, -0.05) is 34.5 Å². The number of rotatable bonds is 8. The van der Waals surface area contributed by atoms with Gasteiger partial charge in [0, 0.05) is 23.0 Å². The number of aliphatic carboxylic acids is 1. The molecule has 2 aromatic rings. The highest BCUT2D eigenvalue weighted by Crippen LogP contribution is 2.39. The molecule has 0 saturated carbocycles. The molecule has 2 aromatic carbocycles. The number of amides is 1. The molecule has 1 saturated heterocycles. The van der Waals surface area contributed by atoms with Gasteiger partial charge in [0.15, 0.2) is 0 Å². The molecule has 1 unspecified atom stereocenters. The van der Waals surface area contributed by atoms with E-state index < -0.39 is 29.5 Å². The second-order valence-electron chi connectivity index (χ2n) is 7.26. The van der Waals surface area contributed by atoms with Gasteiger partial charge < -0.3 is 15.1 Å². The van der Waals surface area contributed by atoms with E-state index in [1.54, 1.807) is 24.3 Å². The summed E-state index contributed by atoms with van der Waals surface area (Å²) in [5, 5.41) is 19.6. The van der Waals surface area contributed by atoms with E-state index in [2.05, 4.69) is 15.9 Å². The van der Waals surface area contributed by atoms with E-state index in [9.17, 15) is 23.9 Å². The van der Waals surface area contributed by atoms with Crippen molar-refractivity contribution in [1.82, 2.24) is 4.90 Å². The number of carboxylic acids is 1. The number of unbranched alkanes of at least 4 members (excludes halogenated alkanes) is 2. The first kappa shape index (κ1) is 22.7. The maximum absolute atomic E-state index is 13.3. The van der Waals surface area contributed by atoms with Crippen LogP contribution >= 0.6 is 15.9 Å². The largest absolute Gasteiger partial charge is 0.507 e. The fourth-order valence-corrected chi connectivity index (χ4v) is 3.87. The summed E-state index contributed by atoms with van der Waals surface area (Å²) in [4.78, 5) is 37.7. The molecule has 162 valence electrons. The molecule has 0 radical (unpaired) electrons. The van der Waals surface area contributed by atoms with Crippen molar-refractivity contribution < 1.29 is 29.0 Å². The van der Waals surface area contributed by atoms with E-state index in [-0.39, 0.29) is 29.9 Å². The molecule has 1 amide bonds. The highest BCUT2D eigenvalue weighted by Gasteiger charge is 2.45. The summed E-state index contributed by atoms with van der Waals surface area (Å²) in [7, 11) is 0. The summed E-state index contributed by atoms with van der Waals surface area (Å²) in [5.41, 5.74) is 0.837. The molecule has 1 heterocycles. The molecule has 0 aliphatic carbocycles. The van der Waals surface area contributed by atoms with E-state index in [0.29, 0.717) is 24.8 Å². The molecule has 2 N–H and O–H groups in total. The summed E-state index contributed by atoms with van der Waals surface area (Å²) in [6.45, 7) is 0.241. The standard InChI is InChI=1S/C23H21BrFNO5/c24-16-9-5-14(6-10-16)20-19(21(29)15-7-11-17(25)12-8-15)22(30)23(31)26(20)13-3-1-2-4-18(27)28/h5-12,20,29H,1-4,13H2,(H,27,28). The van der Waals surface area contributed by atoms with Crippen LogP contribution < -0.4 is 0 Å². The lowest BCUT2D eigenvalue weighted by molar-refractivity contribution is -0.140. The Bertz CT molecular complexity index is 1020. The Morgan fingerprint density at radius 3 is 2.23 bits per heavy atom. The topological polar surface area (TPSA) is 94.9 Å². The average Bonchev–Trinajstić information content (AvgIpc) is 2.99. The van der Waals surface area contributed by atoms with Crippen molar-refractivity contribution in [2.45, 2.75) is 31.7 Å². The number of ketones is 1. The molecular weight excluding hydrogens is 469 g/mol. The van der Waals surface area contributed by atoms with Crippen LogP contribution in [0.4, 0.5) is 4.39 Å². The number of carbonyl (C=O) groups is 3. The number of likely N-dealkylation sites (tertiary alicyclic amines) is 1. The van der Waals surface area contributed by atoms with Gasteiger partial charge in [-0.15, -0.1) is 0 Å². The first-order valence-corrected chi connectivity index (χ1v) is 10.6. The van der Waals surface area contributed by atoms with Gasteiger partial charge in [-0.2, -0.15) is 0 Å². The normalized spacial score (nSPS) is 17.9. The lowest BCUT2D eigenvalue weighted by Crippen LogP contribution is -2.30. The summed E-state index contributed by atoms with van der Waals surface area (Å²) < 4.78 is 14.1. The molecule has 1 fully saturated rings. The van der Waals surface area contributed by atoms with E-state index >= 15 is 0 Å². The second-order valence-corrected chi connectivity index (χ2v) is 8.17. The highest BCUT2D eigenvalue weighted by molar-refractivity contribution is 9.10. The zero-order valence-electron chi connectivity index (χ0n) is 16.6. The van der Waals surface area contributed by atoms with Crippen LogP contribution in [0.1, 0.15) is 42.9 Å². The van der Waals surface area contributed by atoms with Gasteiger partial charge in [0.2, 0.25) is 0 Å². The van der Waals surface area contributed by atoms with Crippen molar-refractivity contribution in [3.05, 3.63) is 75.5 Å². The number of nitrogens with zero attached hydrogens (tertiary/aromatic N) is 1. The molecule has 1 atom stereocenters. The third kappa shape index (κ3) is 5.19. The first-order chi connectivity index (χ1) is 14.8. The third-order valence-electron chi connectivity index (χ3n) is 5.13. The molecule has 3 rings (SSSR count). The van der Waals surface area contributed by atoms with Gasteiger partial charge in [0.25, 0.3) is 11.7 Å². The zero-order valence-corrected chi connectivity index (χ0v) is 18.1. The monoisotopic (exact) mass is 489 g/mol. The minimum atomic E-state index is -0.880. The van der Waals surface area contributed by atoms with Crippen molar-refractivity contribution in [2.24, 2.45) is 0 Å². The fraction of sp³-hybridized carbons (Fsp3) is 0.261. The third-order valence-corrected chi connectivity index (χ3v) is 5.66. The minimum absolute atomic E-state index is 0.0412. The maximum atomic E-state index is 13.3. The van der Waals surface area contributed by atoms with Crippen molar-refractivity contribution in [3.63, 3.8) is 0 Å². The van der Waals surface area contributed by atoms with Crippen LogP contribution in [0.5, 0.6) is 0 Å². The van der Waals surface area contributed by atoms with Crippen molar-refractivity contribution in [3.8, 4) is 0 Å².